The minimum Gasteiger partial charge on any atom is -0.493 e. The average Bonchev–Trinajstić information content (AvgIpc) is 3.11. The fourth-order valence-electron chi connectivity index (χ4n) is 3.12. The molecule has 2 heterocycles. The van der Waals surface area contributed by atoms with Gasteiger partial charge in [0.05, 0.1) is 14.2 Å². The second kappa shape index (κ2) is 7.42. The van der Waals surface area contributed by atoms with Gasteiger partial charge in [0.1, 0.15) is 0 Å². The Morgan fingerprint density at radius 2 is 2.12 bits per heavy atom. The minimum absolute atomic E-state index is 0. The van der Waals surface area contributed by atoms with Crippen molar-refractivity contribution < 1.29 is 18.7 Å². The Labute approximate surface area is 147 Å². The van der Waals surface area contributed by atoms with Crippen LogP contribution in [0.5, 0.6) is 5.75 Å². The number of hydrogen-bond donors (Lipinski definition) is 1. The third kappa shape index (κ3) is 3.36. The number of carbonyl (C=O) groups excluding carboxylic acids is 1. The smallest absolute Gasteiger partial charge is 0.373 e. The minimum atomic E-state index is -0.494. The molecule has 2 N–H and O–H groups in total. The number of fused-ring (bicyclic) bond motifs is 1. The molecule has 2 atom stereocenters. The van der Waals surface area contributed by atoms with E-state index in [9.17, 15) is 4.79 Å². The molecule has 0 spiro atoms. The van der Waals surface area contributed by atoms with Crippen molar-refractivity contribution in [2.75, 3.05) is 27.3 Å². The molecule has 2 aromatic rings. The van der Waals surface area contributed by atoms with Gasteiger partial charge in [-0.2, -0.15) is 0 Å². The van der Waals surface area contributed by atoms with Crippen LogP contribution >= 0.6 is 12.4 Å². The number of likely N-dealkylation sites (tertiary alicyclic amines) is 1. The van der Waals surface area contributed by atoms with Gasteiger partial charge in [-0.15, -0.1) is 12.4 Å². The zero-order valence-corrected chi connectivity index (χ0v) is 14.9. The van der Waals surface area contributed by atoms with Crippen LogP contribution in [0, 0.1) is 5.92 Å². The Balaban J connectivity index is 0.00000208. The molecule has 132 valence electrons. The van der Waals surface area contributed by atoms with Gasteiger partial charge in [0, 0.05) is 31.1 Å². The standard InChI is InChI=1S/C17H22N2O4.ClH/c1-10-7-19(9-13(10)18)8-11-4-5-14(21-2)16-12(11)6-15(23-16)17(20)22-3;/h4-6,10,13H,7-9,18H2,1-3H3;1H. The van der Waals surface area contributed by atoms with Crippen LogP contribution in [0.1, 0.15) is 23.0 Å². The third-order valence-electron chi connectivity index (χ3n) is 4.48. The molecule has 0 saturated carbocycles. The van der Waals surface area contributed by atoms with E-state index in [0.717, 1.165) is 30.6 Å². The van der Waals surface area contributed by atoms with Crippen LogP contribution in [-0.4, -0.2) is 44.2 Å². The molecule has 7 heteroatoms. The number of nitrogens with zero attached hydrogens (tertiary/aromatic N) is 1. The van der Waals surface area contributed by atoms with Crippen molar-refractivity contribution in [1.82, 2.24) is 4.90 Å². The van der Waals surface area contributed by atoms with E-state index < -0.39 is 5.97 Å². The van der Waals surface area contributed by atoms with Gasteiger partial charge in [-0.25, -0.2) is 4.79 Å². The Bertz CT molecular complexity index is 721. The molecule has 6 nitrogen and oxygen atoms in total. The predicted molar refractivity (Wildman–Crippen MR) is 93.8 cm³/mol. The maximum atomic E-state index is 11.7. The van der Waals surface area contributed by atoms with E-state index in [1.807, 2.05) is 12.1 Å². The molecular weight excluding hydrogens is 332 g/mol. The van der Waals surface area contributed by atoms with Crippen LogP contribution in [0.4, 0.5) is 0 Å². The molecule has 0 radical (unpaired) electrons. The number of halogens is 1. The van der Waals surface area contributed by atoms with E-state index in [2.05, 4.69) is 11.8 Å². The van der Waals surface area contributed by atoms with Gasteiger partial charge >= 0.3 is 5.97 Å². The van der Waals surface area contributed by atoms with Crippen molar-refractivity contribution in [1.29, 1.82) is 0 Å². The zero-order valence-electron chi connectivity index (χ0n) is 14.1. The van der Waals surface area contributed by atoms with E-state index in [1.165, 1.54) is 7.11 Å². The van der Waals surface area contributed by atoms with E-state index >= 15 is 0 Å². The second-order valence-corrected chi connectivity index (χ2v) is 6.11. The molecular formula is C17H23ClN2O4. The number of carbonyl (C=O) groups is 1. The quantitative estimate of drug-likeness (QED) is 0.850. The highest BCUT2D eigenvalue weighted by molar-refractivity contribution is 5.95. The predicted octanol–water partition coefficient (Wildman–Crippen LogP) is 2.43. The number of rotatable bonds is 4. The van der Waals surface area contributed by atoms with Crippen LogP contribution in [-0.2, 0) is 11.3 Å². The number of nitrogens with two attached hydrogens (primary N) is 1. The monoisotopic (exact) mass is 354 g/mol. The van der Waals surface area contributed by atoms with E-state index in [1.54, 1.807) is 13.2 Å². The highest BCUT2D eigenvalue weighted by Crippen LogP contribution is 2.33. The Hall–Kier alpha value is -1.76. The van der Waals surface area contributed by atoms with Crippen molar-refractivity contribution in [3.05, 3.63) is 29.5 Å². The molecule has 1 aromatic carbocycles. The van der Waals surface area contributed by atoms with E-state index in [4.69, 9.17) is 19.6 Å². The second-order valence-electron chi connectivity index (χ2n) is 6.11. The number of methoxy groups -OCH3 is 2. The topological polar surface area (TPSA) is 77.9 Å². The fourth-order valence-corrected chi connectivity index (χ4v) is 3.12. The third-order valence-corrected chi connectivity index (χ3v) is 4.48. The van der Waals surface area contributed by atoms with Crippen LogP contribution < -0.4 is 10.5 Å². The Morgan fingerprint density at radius 3 is 2.71 bits per heavy atom. The molecule has 3 rings (SSSR count). The summed E-state index contributed by atoms with van der Waals surface area (Å²) in [6, 6.07) is 5.80. The van der Waals surface area contributed by atoms with Crippen molar-refractivity contribution in [2.45, 2.75) is 19.5 Å². The summed E-state index contributed by atoms with van der Waals surface area (Å²) in [5.74, 6) is 0.773. The average molecular weight is 355 g/mol. The summed E-state index contributed by atoms with van der Waals surface area (Å²) in [6.45, 7) is 4.77. The molecule has 24 heavy (non-hydrogen) atoms. The summed E-state index contributed by atoms with van der Waals surface area (Å²) in [7, 11) is 2.91. The lowest BCUT2D eigenvalue weighted by molar-refractivity contribution is 0.0567. The van der Waals surface area contributed by atoms with Crippen LogP contribution in [0.15, 0.2) is 22.6 Å². The van der Waals surface area contributed by atoms with Gasteiger partial charge in [0.25, 0.3) is 0 Å². The molecule has 1 aliphatic rings. The number of hydrogen-bond acceptors (Lipinski definition) is 6. The van der Waals surface area contributed by atoms with Gasteiger partial charge in [-0.3, -0.25) is 4.90 Å². The summed E-state index contributed by atoms with van der Waals surface area (Å²) in [4.78, 5) is 14.1. The molecule has 2 unspecified atom stereocenters. The van der Waals surface area contributed by atoms with E-state index in [-0.39, 0.29) is 24.2 Å². The van der Waals surface area contributed by atoms with Crippen LogP contribution in [0.3, 0.4) is 0 Å². The van der Waals surface area contributed by atoms with Gasteiger partial charge in [-0.1, -0.05) is 13.0 Å². The molecule has 1 saturated heterocycles. The molecule has 1 aromatic heterocycles. The van der Waals surface area contributed by atoms with Crippen molar-refractivity contribution in [3.63, 3.8) is 0 Å². The first-order valence-corrected chi connectivity index (χ1v) is 7.69. The fraction of sp³-hybridized carbons (Fsp3) is 0.471. The lowest BCUT2D eigenvalue weighted by Gasteiger charge is -2.16. The Morgan fingerprint density at radius 1 is 1.38 bits per heavy atom. The molecule has 0 aliphatic carbocycles. The van der Waals surface area contributed by atoms with Crippen LogP contribution in [0.25, 0.3) is 11.0 Å². The highest BCUT2D eigenvalue weighted by Gasteiger charge is 2.27. The first kappa shape index (κ1) is 18.6. The van der Waals surface area contributed by atoms with Crippen molar-refractivity contribution in [3.8, 4) is 5.75 Å². The van der Waals surface area contributed by atoms with Gasteiger partial charge in [0.15, 0.2) is 11.3 Å². The summed E-state index contributed by atoms with van der Waals surface area (Å²) in [5.41, 5.74) is 7.76. The SMILES string of the molecule is COC(=O)c1cc2c(CN3CC(C)C(N)C3)ccc(OC)c2o1.Cl. The largest absolute Gasteiger partial charge is 0.493 e. The van der Waals surface area contributed by atoms with Gasteiger partial charge in [0.2, 0.25) is 5.76 Å². The van der Waals surface area contributed by atoms with Crippen LogP contribution in [0.2, 0.25) is 0 Å². The summed E-state index contributed by atoms with van der Waals surface area (Å²) >= 11 is 0. The van der Waals surface area contributed by atoms with Gasteiger partial charge < -0.3 is 19.6 Å². The Kier molecular flexibility index (Phi) is 5.74. The lowest BCUT2D eigenvalue weighted by Crippen LogP contribution is -2.28. The summed E-state index contributed by atoms with van der Waals surface area (Å²) in [5, 5.41) is 0.873. The highest BCUT2D eigenvalue weighted by atomic mass is 35.5. The molecule has 0 bridgehead atoms. The summed E-state index contributed by atoms with van der Waals surface area (Å²) < 4.78 is 15.7. The number of benzene rings is 1. The number of esters is 1. The normalized spacial score (nSPS) is 20.8. The number of ether oxygens (including phenoxy) is 2. The summed E-state index contributed by atoms with van der Waals surface area (Å²) in [6.07, 6.45) is 0. The first-order chi connectivity index (χ1) is 11.0. The molecule has 0 amide bonds. The first-order valence-electron chi connectivity index (χ1n) is 7.69. The van der Waals surface area contributed by atoms with E-state index in [0.29, 0.717) is 17.3 Å². The molecule has 1 fully saturated rings. The zero-order chi connectivity index (χ0) is 16.6. The van der Waals surface area contributed by atoms with Crippen molar-refractivity contribution >= 4 is 29.3 Å². The van der Waals surface area contributed by atoms with Gasteiger partial charge in [-0.05, 0) is 23.6 Å². The maximum absolute atomic E-state index is 11.7. The molecule has 1 aliphatic heterocycles. The van der Waals surface area contributed by atoms with Crippen molar-refractivity contribution in [2.24, 2.45) is 11.7 Å². The maximum Gasteiger partial charge on any atom is 0.373 e. The lowest BCUT2D eigenvalue weighted by atomic mass is 10.1. The number of furan rings is 1.